The van der Waals surface area contributed by atoms with Crippen molar-refractivity contribution in [3.8, 4) is 22.8 Å². The molecule has 6 nitrogen and oxygen atoms in total. The number of primary amides is 1. The summed E-state index contributed by atoms with van der Waals surface area (Å²) >= 11 is 0. The zero-order chi connectivity index (χ0) is 16.5. The van der Waals surface area contributed by atoms with E-state index in [4.69, 9.17) is 10.5 Å². The molecular formula is C18H14N4O2. The molecule has 0 saturated heterocycles. The van der Waals surface area contributed by atoms with E-state index in [1.807, 2.05) is 54.6 Å². The number of aromatic nitrogens is 3. The van der Waals surface area contributed by atoms with Crippen molar-refractivity contribution in [1.29, 1.82) is 0 Å². The molecule has 0 saturated carbocycles. The number of hydrogen-bond donors (Lipinski definition) is 2. The van der Waals surface area contributed by atoms with Gasteiger partial charge in [0.15, 0.2) is 11.3 Å². The third-order valence-corrected chi connectivity index (χ3v) is 3.68. The monoisotopic (exact) mass is 318 g/mol. The smallest absolute Gasteiger partial charge is 0.269 e. The second kappa shape index (κ2) is 5.58. The van der Waals surface area contributed by atoms with Crippen LogP contribution in [0.15, 0.2) is 66.9 Å². The van der Waals surface area contributed by atoms with Gasteiger partial charge in [-0.3, -0.25) is 9.89 Å². The van der Waals surface area contributed by atoms with Crippen LogP contribution in [0.3, 0.4) is 0 Å². The maximum absolute atomic E-state index is 11.8. The highest BCUT2D eigenvalue weighted by atomic mass is 16.5. The Balaban J connectivity index is 1.69. The predicted octanol–water partition coefficient (Wildman–Crippen LogP) is 3.22. The van der Waals surface area contributed by atoms with Gasteiger partial charge < -0.3 is 10.5 Å². The van der Waals surface area contributed by atoms with Crippen molar-refractivity contribution in [2.24, 2.45) is 5.73 Å². The molecule has 2 aromatic carbocycles. The molecule has 0 aliphatic rings. The predicted molar refractivity (Wildman–Crippen MR) is 90.0 cm³/mol. The molecule has 24 heavy (non-hydrogen) atoms. The van der Waals surface area contributed by atoms with E-state index in [-0.39, 0.29) is 0 Å². The van der Waals surface area contributed by atoms with E-state index in [1.165, 1.54) is 0 Å². The van der Waals surface area contributed by atoms with Gasteiger partial charge in [0, 0.05) is 17.8 Å². The minimum Gasteiger partial charge on any atom is -0.457 e. The van der Waals surface area contributed by atoms with E-state index in [1.54, 1.807) is 16.8 Å². The molecule has 0 spiro atoms. The Kier molecular flexibility index (Phi) is 3.28. The summed E-state index contributed by atoms with van der Waals surface area (Å²) in [7, 11) is 0. The van der Waals surface area contributed by atoms with E-state index in [2.05, 4.69) is 10.1 Å². The number of nitrogens with zero attached hydrogens (tertiary/aromatic N) is 2. The van der Waals surface area contributed by atoms with Crippen molar-refractivity contribution in [3.63, 3.8) is 0 Å². The number of carbonyl (C=O) groups is 1. The number of benzene rings is 2. The standard InChI is InChI=1S/C18H14N4O2/c19-18(23)17-16(21-15-10-11-20-22(15)17)12-6-8-14(9-7-12)24-13-4-2-1-3-5-13/h1-11,20H,(H2,19,23). The fourth-order valence-corrected chi connectivity index (χ4v) is 2.60. The maximum Gasteiger partial charge on any atom is 0.269 e. The van der Waals surface area contributed by atoms with Gasteiger partial charge in [-0.2, -0.15) is 0 Å². The van der Waals surface area contributed by atoms with Gasteiger partial charge in [0.25, 0.3) is 5.91 Å². The number of nitrogens with one attached hydrogen (secondary N) is 1. The molecule has 0 aliphatic carbocycles. The Labute approximate surface area is 137 Å². The molecule has 4 aromatic rings. The first-order valence-electron chi connectivity index (χ1n) is 7.41. The summed E-state index contributed by atoms with van der Waals surface area (Å²) in [6.07, 6.45) is 1.70. The topological polar surface area (TPSA) is 85.4 Å². The van der Waals surface area contributed by atoms with E-state index < -0.39 is 5.91 Å². The number of ether oxygens (including phenoxy) is 1. The van der Waals surface area contributed by atoms with Crippen LogP contribution >= 0.6 is 0 Å². The lowest BCUT2D eigenvalue weighted by Crippen LogP contribution is -2.15. The molecule has 0 unspecified atom stereocenters. The number of carbonyl (C=O) groups excluding carboxylic acids is 1. The summed E-state index contributed by atoms with van der Waals surface area (Å²) in [5, 5.41) is 2.93. The van der Waals surface area contributed by atoms with Crippen LogP contribution in [0.5, 0.6) is 11.5 Å². The fraction of sp³-hybridized carbons (Fsp3) is 0. The highest BCUT2D eigenvalue weighted by Gasteiger charge is 2.19. The van der Waals surface area contributed by atoms with Crippen molar-refractivity contribution in [3.05, 3.63) is 72.6 Å². The van der Waals surface area contributed by atoms with Crippen LogP contribution in [0.2, 0.25) is 0 Å². The molecule has 0 bridgehead atoms. The van der Waals surface area contributed by atoms with Crippen LogP contribution in [0, 0.1) is 0 Å². The average molecular weight is 318 g/mol. The van der Waals surface area contributed by atoms with E-state index in [0.29, 0.717) is 22.8 Å². The molecule has 1 amide bonds. The number of aromatic amines is 1. The zero-order valence-electron chi connectivity index (χ0n) is 12.6. The number of H-pyrrole nitrogens is 1. The summed E-state index contributed by atoms with van der Waals surface area (Å²) < 4.78 is 7.34. The molecule has 4 rings (SSSR count). The number of para-hydroxylation sites is 1. The minimum absolute atomic E-state index is 0.326. The first-order valence-corrected chi connectivity index (χ1v) is 7.41. The molecule has 0 atom stereocenters. The molecular weight excluding hydrogens is 304 g/mol. The Morgan fingerprint density at radius 2 is 1.71 bits per heavy atom. The van der Waals surface area contributed by atoms with Crippen LogP contribution in [-0.2, 0) is 0 Å². The Bertz CT molecular complexity index is 1000. The van der Waals surface area contributed by atoms with Gasteiger partial charge >= 0.3 is 0 Å². The molecule has 6 heteroatoms. The molecule has 0 radical (unpaired) electrons. The van der Waals surface area contributed by atoms with Gasteiger partial charge in [0.2, 0.25) is 0 Å². The van der Waals surface area contributed by atoms with Crippen LogP contribution in [0.4, 0.5) is 0 Å². The Morgan fingerprint density at radius 3 is 2.42 bits per heavy atom. The lowest BCUT2D eigenvalue weighted by molar-refractivity contribution is 0.0994. The lowest BCUT2D eigenvalue weighted by Gasteiger charge is -2.06. The molecule has 2 aromatic heterocycles. The largest absolute Gasteiger partial charge is 0.457 e. The highest BCUT2D eigenvalue weighted by molar-refractivity contribution is 5.98. The quantitative estimate of drug-likeness (QED) is 0.606. The number of rotatable bonds is 4. The molecule has 118 valence electrons. The number of amides is 1. The SMILES string of the molecule is NC(=O)c1c(-c2ccc(Oc3ccccc3)cc2)nc2cc[nH]n12. The summed E-state index contributed by atoms with van der Waals surface area (Å²) in [4.78, 5) is 16.3. The van der Waals surface area contributed by atoms with Gasteiger partial charge in [0.1, 0.15) is 17.2 Å². The van der Waals surface area contributed by atoms with Crippen molar-refractivity contribution in [2.45, 2.75) is 0 Å². The van der Waals surface area contributed by atoms with Crippen molar-refractivity contribution >= 4 is 11.6 Å². The fourth-order valence-electron chi connectivity index (χ4n) is 2.60. The number of fused-ring (bicyclic) bond motifs is 1. The summed E-state index contributed by atoms with van der Waals surface area (Å²) in [6, 6.07) is 18.7. The van der Waals surface area contributed by atoms with Gasteiger partial charge in [-0.1, -0.05) is 18.2 Å². The Hall–Kier alpha value is -3.54. The van der Waals surface area contributed by atoms with E-state index in [0.717, 1.165) is 11.3 Å². The highest BCUT2D eigenvalue weighted by Crippen LogP contribution is 2.27. The van der Waals surface area contributed by atoms with Gasteiger partial charge in [-0.15, -0.1) is 0 Å². The summed E-state index contributed by atoms with van der Waals surface area (Å²) in [6.45, 7) is 0. The summed E-state index contributed by atoms with van der Waals surface area (Å²) in [5.41, 5.74) is 7.81. The van der Waals surface area contributed by atoms with E-state index >= 15 is 0 Å². The first kappa shape index (κ1) is 14.1. The van der Waals surface area contributed by atoms with Crippen LogP contribution in [-0.4, -0.2) is 20.5 Å². The van der Waals surface area contributed by atoms with Crippen LogP contribution in [0.25, 0.3) is 16.9 Å². The summed E-state index contributed by atoms with van der Waals surface area (Å²) in [5.74, 6) is 0.929. The van der Waals surface area contributed by atoms with Gasteiger partial charge in [0.05, 0.1) is 0 Å². The molecule has 0 aliphatic heterocycles. The van der Waals surface area contributed by atoms with Gasteiger partial charge in [-0.25, -0.2) is 9.50 Å². The second-order valence-corrected chi connectivity index (χ2v) is 5.27. The molecule has 0 fully saturated rings. The normalized spacial score (nSPS) is 10.8. The third-order valence-electron chi connectivity index (χ3n) is 3.68. The van der Waals surface area contributed by atoms with Crippen molar-refractivity contribution in [1.82, 2.24) is 14.6 Å². The lowest BCUT2D eigenvalue weighted by atomic mass is 10.1. The van der Waals surface area contributed by atoms with E-state index in [9.17, 15) is 4.79 Å². The average Bonchev–Trinajstić information content (AvgIpc) is 3.17. The molecule has 2 heterocycles. The van der Waals surface area contributed by atoms with Crippen LogP contribution < -0.4 is 10.5 Å². The molecule has 3 N–H and O–H groups in total. The Morgan fingerprint density at radius 1 is 1.00 bits per heavy atom. The number of imidazole rings is 1. The first-order chi connectivity index (χ1) is 11.7. The van der Waals surface area contributed by atoms with Gasteiger partial charge in [-0.05, 0) is 36.4 Å². The van der Waals surface area contributed by atoms with Crippen molar-refractivity contribution < 1.29 is 9.53 Å². The maximum atomic E-state index is 11.8. The van der Waals surface area contributed by atoms with Crippen molar-refractivity contribution in [2.75, 3.05) is 0 Å². The third kappa shape index (κ3) is 2.40. The number of hydrogen-bond acceptors (Lipinski definition) is 3. The zero-order valence-corrected chi connectivity index (χ0v) is 12.6. The number of nitrogens with two attached hydrogens (primary N) is 1. The second-order valence-electron chi connectivity index (χ2n) is 5.27. The minimum atomic E-state index is -0.537. The van der Waals surface area contributed by atoms with Crippen LogP contribution in [0.1, 0.15) is 10.5 Å².